The van der Waals surface area contributed by atoms with Gasteiger partial charge in [-0.15, -0.1) is 0 Å². The zero-order valence-corrected chi connectivity index (χ0v) is 11.4. The second-order valence-electron chi connectivity index (χ2n) is 5.13. The normalized spacial score (nSPS) is 13.8. The summed E-state index contributed by atoms with van der Waals surface area (Å²) in [6.07, 6.45) is 0.728. The van der Waals surface area contributed by atoms with Crippen LogP contribution in [0, 0.1) is 0 Å². The number of nitrogens with zero attached hydrogens (tertiary/aromatic N) is 1. The van der Waals surface area contributed by atoms with Crippen LogP contribution in [0.25, 0.3) is 0 Å². The molecule has 2 aromatic carbocycles. The third-order valence-corrected chi connectivity index (χ3v) is 3.84. The number of carbonyl (C=O) groups is 1. The molecule has 0 fully saturated rings. The van der Waals surface area contributed by atoms with Gasteiger partial charge in [0.05, 0.1) is 5.56 Å². The molecule has 2 aromatic rings. The molecule has 0 aromatic heterocycles. The fraction of sp³-hybridized carbons (Fsp3) is 0.188. The highest BCUT2D eigenvalue weighted by atomic mass is 16.3. The van der Waals surface area contributed by atoms with Gasteiger partial charge in [0.1, 0.15) is 0 Å². The van der Waals surface area contributed by atoms with Crippen molar-refractivity contribution in [2.75, 3.05) is 12.3 Å². The minimum Gasteiger partial charge on any atom is -0.504 e. The van der Waals surface area contributed by atoms with E-state index in [1.165, 1.54) is 18.2 Å². The molecule has 1 heterocycles. The molecule has 3 rings (SSSR count). The molecule has 0 aliphatic carbocycles. The van der Waals surface area contributed by atoms with E-state index >= 15 is 0 Å². The molecule has 1 aliphatic rings. The van der Waals surface area contributed by atoms with Gasteiger partial charge in [0, 0.05) is 18.8 Å². The third-order valence-electron chi connectivity index (χ3n) is 3.84. The van der Waals surface area contributed by atoms with Crippen molar-refractivity contribution in [3.63, 3.8) is 0 Å². The highest BCUT2D eigenvalue weighted by Gasteiger charge is 2.25. The number of nitrogens with two attached hydrogens (primary N) is 1. The number of benzene rings is 2. The molecule has 4 N–H and O–H groups in total. The Kier molecular flexibility index (Phi) is 3.17. The van der Waals surface area contributed by atoms with Crippen LogP contribution in [-0.4, -0.2) is 27.6 Å². The van der Waals surface area contributed by atoms with E-state index in [1.54, 1.807) is 4.90 Å². The second-order valence-corrected chi connectivity index (χ2v) is 5.13. The lowest BCUT2D eigenvalue weighted by molar-refractivity contribution is 0.0731. The van der Waals surface area contributed by atoms with E-state index in [2.05, 4.69) is 0 Å². The Morgan fingerprint density at radius 3 is 2.71 bits per heavy atom. The van der Waals surface area contributed by atoms with Gasteiger partial charge in [-0.2, -0.15) is 0 Å². The van der Waals surface area contributed by atoms with E-state index < -0.39 is 0 Å². The predicted octanol–water partition coefficient (Wildman–Crippen LogP) is 1.88. The van der Waals surface area contributed by atoms with E-state index in [-0.39, 0.29) is 23.0 Å². The molecular weight excluding hydrogens is 268 g/mol. The minimum absolute atomic E-state index is 0.105. The quantitative estimate of drug-likeness (QED) is 0.551. The summed E-state index contributed by atoms with van der Waals surface area (Å²) >= 11 is 0. The number of phenols is 2. The van der Waals surface area contributed by atoms with Crippen molar-refractivity contribution in [2.45, 2.75) is 13.0 Å². The molecule has 1 amide bonds. The van der Waals surface area contributed by atoms with E-state index in [0.29, 0.717) is 18.8 Å². The monoisotopic (exact) mass is 284 g/mol. The second kappa shape index (κ2) is 5.01. The molecular formula is C16H16N2O3. The SMILES string of the molecule is Nc1cccc2c1CN(C(=O)c1cccc(O)c1O)CC2. The number of hydrogen-bond acceptors (Lipinski definition) is 4. The lowest BCUT2D eigenvalue weighted by Crippen LogP contribution is -2.36. The van der Waals surface area contributed by atoms with Gasteiger partial charge in [-0.05, 0) is 35.7 Å². The van der Waals surface area contributed by atoms with Crippen molar-refractivity contribution in [3.05, 3.63) is 53.1 Å². The molecule has 0 radical (unpaired) electrons. The van der Waals surface area contributed by atoms with E-state index in [4.69, 9.17) is 5.73 Å². The van der Waals surface area contributed by atoms with Gasteiger partial charge in [-0.3, -0.25) is 4.79 Å². The first-order valence-electron chi connectivity index (χ1n) is 6.74. The zero-order valence-electron chi connectivity index (χ0n) is 11.4. The Balaban J connectivity index is 1.91. The number of fused-ring (bicyclic) bond motifs is 1. The van der Waals surface area contributed by atoms with Crippen LogP contribution in [0.15, 0.2) is 36.4 Å². The number of carbonyl (C=O) groups excluding carboxylic acids is 1. The van der Waals surface area contributed by atoms with Crippen molar-refractivity contribution in [1.82, 2.24) is 4.90 Å². The van der Waals surface area contributed by atoms with Gasteiger partial charge in [0.15, 0.2) is 11.5 Å². The molecule has 108 valence electrons. The molecule has 5 nitrogen and oxygen atoms in total. The largest absolute Gasteiger partial charge is 0.504 e. The van der Waals surface area contributed by atoms with Crippen LogP contribution in [-0.2, 0) is 13.0 Å². The van der Waals surface area contributed by atoms with Gasteiger partial charge < -0.3 is 20.8 Å². The summed E-state index contributed by atoms with van der Waals surface area (Å²) in [6, 6.07) is 10.1. The Hall–Kier alpha value is -2.69. The predicted molar refractivity (Wildman–Crippen MR) is 79.1 cm³/mol. The number of nitrogen functional groups attached to an aromatic ring is 1. The number of rotatable bonds is 1. The summed E-state index contributed by atoms with van der Waals surface area (Å²) in [4.78, 5) is 14.1. The van der Waals surface area contributed by atoms with Gasteiger partial charge >= 0.3 is 0 Å². The fourth-order valence-corrected chi connectivity index (χ4v) is 2.65. The summed E-state index contributed by atoms with van der Waals surface area (Å²) in [7, 11) is 0. The van der Waals surface area contributed by atoms with Crippen LogP contribution >= 0.6 is 0 Å². The number of hydrogen-bond donors (Lipinski definition) is 3. The van der Waals surface area contributed by atoms with Crippen LogP contribution in [0.4, 0.5) is 5.69 Å². The van der Waals surface area contributed by atoms with Crippen LogP contribution in [0.1, 0.15) is 21.5 Å². The molecule has 0 saturated heterocycles. The summed E-state index contributed by atoms with van der Waals surface area (Å²) in [5, 5.41) is 19.3. The highest BCUT2D eigenvalue weighted by molar-refractivity contribution is 5.97. The van der Waals surface area contributed by atoms with E-state index in [1.807, 2.05) is 18.2 Å². The molecule has 21 heavy (non-hydrogen) atoms. The van der Waals surface area contributed by atoms with Gasteiger partial charge in [-0.25, -0.2) is 0 Å². The maximum Gasteiger partial charge on any atom is 0.258 e. The van der Waals surface area contributed by atoms with Crippen molar-refractivity contribution in [1.29, 1.82) is 0 Å². The topological polar surface area (TPSA) is 86.8 Å². The number of phenolic OH excluding ortho intramolecular Hbond substituents is 2. The Labute approximate surface area is 122 Å². The summed E-state index contributed by atoms with van der Waals surface area (Å²) < 4.78 is 0. The molecule has 0 atom stereocenters. The Morgan fingerprint density at radius 2 is 1.90 bits per heavy atom. The first-order valence-corrected chi connectivity index (χ1v) is 6.74. The summed E-state index contributed by atoms with van der Waals surface area (Å²) in [6.45, 7) is 0.973. The molecule has 0 saturated carbocycles. The lowest BCUT2D eigenvalue weighted by Gasteiger charge is -2.30. The highest BCUT2D eigenvalue weighted by Crippen LogP contribution is 2.31. The van der Waals surface area contributed by atoms with Crippen LogP contribution in [0.3, 0.4) is 0 Å². The average Bonchev–Trinajstić information content (AvgIpc) is 2.49. The van der Waals surface area contributed by atoms with Crippen molar-refractivity contribution in [3.8, 4) is 11.5 Å². The molecule has 5 heteroatoms. The summed E-state index contributed by atoms with van der Waals surface area (Å²) in [5.74, 6) is -0.982. The van der Waals surface area contributed by atoms with Gasteiger partial charge in [0.2, 0.25) is 0 Å². The maximum atomic E-state index is 12.5. The van der Waals surface area contributed by atoms with Crippen LogP contribution < -0.4 is 5.73 Å². The summed E-state index contributed by atoms with van der Waals surface area (Å²) in [5.41, 5.74) is 8.85. The molecule has 1 aliphatic heterocycles. The van der Waals surface area contributed by atoms with Crippen molar-refractivity contribution >= 4 is 11.6 Å². The number of anilines is 1. The molecule has 0 unspecified atom stereocenters. The Morgan fingerprint density at radius 1 is 1.14 bits per heavy atom. The van der Waals surface area contributed by atoms with Crippen LogP contribution in [0.2, 0.25) is 0 Å². The zero-order chi connectivity index (χ0) is 15.0. The molecule has 0 bridgehead atoms. The standard InChI is InChI=1S/C16H16N2O3/c17-13-5-1-3-10-7-8-18(9-12(10)13)16(21)11-4-2-6-14(19)15(11)20/h1-6,19-20H,7-9,17H2. The van der Waals surface area contributed by atoms with Crippen molar-refractivity contribution < 1.29 is 15.0 Å². The number of para-hydroxylation sites is 1. The third kappa shape index (κ3) is 2.27. The Bertz CT molecular complexity index is 713. The smallest absolute Gasteiger partial charge is 0.258 e. The number of aromatic hydroxyl groups is 2. The number of amides is 1. The van der Waals surface area contributed by atoms with E-state index in [9.17, 15) is 15.0 Å². The van der Waals surface area contributed by atoms with Crippen molar-refractivity contribution in [2.24, 2.45) is 0 Å². The first kappa shape index (κ1) is 13.3. The van der Waals surface area contributed by atoms with E-state index in [0.717, 1.165) is 17.5 Å². The lowest BCUT2D eigenvalue weighted by atomic mass is 9.97. The minimum atomic E-state index is -0.380. The average molecular weight is 284 g/mol. The van der Waals surface area contributed by atoms with Crippen LogP contribution in [0.5, 0.6) is 11.5 Å². The van der Waals surface area contributed by atoms with Gasteiger partial charge in [-0.1, -0.05) is 18.2 Å². The molecule has 0 spiro atoms. The van der Waals surface area contributed by atoms with Gasteiger partial charge in [0.25, 0.3) is 5.91 Å². The first-order chi connectivity index (χ1) is 10.1. The maximum absolute atomic E-state index is 12.5. The fourth-order valence-electron chi connectivity index (χ4n) is 2.65.